The summed E-state index contributed by atoms with van der Waals surface area (Å²) in [5, 5.41) is 9.34. The summed E-state index contributed by atoms with van der Waals surface area (Å²) in [6.07, 6.45) is 2.29. The smallest absolute Gasteiger partial charge is 0.233 e. The van der Waals surface area contributed by atoms with Crippen molar-refractivity contribution in [3.63, 3.8) is 0 Å². The van der Waals surface area contributed by atoms with Crippen molar-refractivity contribution in [2.75, 3.05) is 18.8 Å². The molecule has 2 aromatic rings. The molecule has 1 atom stereocenters. The first-order valence-corrected chi connectivity index (χ1v) is 10.2. The molecule has 2 amide bonds. The highest BCUT2D eigenvalue weighted by molar-refractivity contribution is 7.99. The van der Waals surface area contributed by atoms with Gasteiger partial charge in [0.2, 0.25) is 11.8 Å². The Labute approximate surface area is 163 Å². The lowest BCUT2D eigenvalue weighted by Crippen LogP contribution is -2.44. The highest BCUT2D eigenvalue weighted by Crippen LogP contribution is 2.21. The second-order valence-corrected chi connectivity index (χ2v) is 7.62. The van der Waals surface area contributed by atoms with Crippen LogP contribution in [0.3, 0.4) is 0 Å². The number of primary amides is 1. The fraction of sp³-hybridized carbons (Fsp3) is 0.474. The SMILES string of the molecule is CCn1c(Cc2ccccc2)nnc1SCC(=O)N1CCCC(C(N)=O)C1. The number of hydrogen-bond donors (Lipinski definition) is 1. The number of piperidine rings is 1. The fourth-order valence-electron chi connectivity index (χ4n) is 3.31. The quantitative estimate of drug-likeness (QED) is 0.730. The Morgan fingerprint density at radius 2 is 2.04 bits per heavy atom. The molecule has 3 rings (SSSR count). The van der Waals surface area contributed by atoms with E-state index in [4.69, 9.17) is 5.73 Å². The number of carbonyl (C=O) groups excluding carboxylic acids is 2. The van der Waals surface area contributed by atoms with Crippen LogP contribution in [-0.4, -0.2) is 50.3 Å². The van der Waals surface area contributed by atoms with E-state index in [9.17, 15) is 9.59 Å². The standard InChI is InChI=1S/C19H25N5O2S/c1-2-24-16(11-14-7-4-3-5-8-14)21-22-19(24)27-13-17(25)23-10-6-9-15(12-23)18(20)26/h3-5,7-8,15H,2,6,9-13H2,1H3,(H2,20,26). The van der Waals surface area contributed by atoms with Crippen molar-refractivity contribution >= 4 is 23.6 Å². The van der Waals surface area contributed by atoms with Crippen molar-refractivity contribution in [3.8, 4) is 0 Å². The second kappa shape index (κ2) is 9.03. The Morgan fingerprint density at radius 3 is 2.74 bits per heavy atom. The van der Waals surface area contributed by atoms with Crippen LogP contribution in [0, 0.1) is 5.92 Å². The lowest BCUT2D eigenvalue weighted by molar-refractivity contribution is -0.132. The van der Waals surface area contributed by atoms with E-state index < -0.39 is 0 Å². The zero-order chi connectivity index (χ0) is 19.2. The van der Waals surface area contributed by atoms with Gasteiger partial charge in [0.15, 0.2) is 5.16 Å². The van der Waals surface area contributed by atoms with Gasteiger partial charge in [-0.05, 0) is 25.3 Å². The van der Waals surface area contributed by atoms with Gasteiger partial charge in [-0.15, -0.1) is 10.2 Å². The number of aromatic nitrogens is 3. The molecule has 0 bridgehead atoms. The van der Waals surface area contributed by atoms with E-state index in [2.05, 4.69) is 22.3 Å². The topological polar surface area (TPSA) is 94.1 Å². The average molecular weight is 388 g/mol. The number of carbonyl (C=O) groups is 2. The Balaban J connectivity index is 1.61. The van der Waals surface area contributed by atoms with Gasteiger partial charge in [-0.2, -0.15) is 0 Å². The summed E-state index contributed by atoms with van der Waals surface area (Å²) in [7, 11) is 0. The van der Waals surface area contributed by atoms with Gasteiger partial charge in [0, 0.05) is 26.1 Å². The summed E-state index contributed by atoms with van der Waals surface area (Å²) in [4.78, 5) is 25.7. The minimum Gasteiger partial charge on any atom is -0.369 e. The number of hydrogen-bond acceptors (Lipinski definition) is 5. The molecular formula is C19H25N5O2S. The molecule has 144 valence electrons. The summed E-state index contributed by atoms with van der Waals surface area (Å²) < 4.78 is 2.05. The fourth-order valence-corrected chi connectivity index (χ4v) is 4.23. The summed E-state index contributed by atoms with van der Waals surface area (Å²) in [6.45, 7) is 3.91. The molecule has 0 radical (unpaired) electrons. The van der Waals surface area contributed by atoms with E-state index in [1.54, 1.807) is 4.90 Å². The monoisotopic (exact) mass is 387 g/mol. The van der Waals surface area contributed by atoms with Crippen molar-refractivity contribution in [1.29, 1.82) is 0 Å². The zero-order valence-electron chi connectivity index (χ0n) is 15.5. The molecule has 2 N–H and O–H groups in total. The van der Waals surface area contributed by atoms with Crippen LogP contribution in [0.2, 0.25) is 0 Å². The maximum absolute atomic E-state index is 12.5. The number of benzene rings is 1. The number of likely N-dealkylation sites (tertiary alicyclic amines) is 1. The Morgan fingerprint density at radius 1 is 1.26 bits per heavy atom. The van der Waals surface area contributed by atoms with Crippen molar-refractivity contribution in [1.82, 2.24) is 19.7 Å². The van der Waals surface area contributed by atoms with Crippen molar-refractivity contribution in [2.45, 2.75) is 37.9 Å². The summed E-state index contributed by atoms with van der Waals surface area (Å²) in [6, 6.07) is 10.1. The maximum Gasteiger partial charge on any atom is 0.233 e. The predicted octanol–water partition coefficient (Wildman–Crippen LogP) is 1.70. The first-order chi connectivity index (χ1) is 13.1. The molecule has 1 aliphatic rings. The first-order valence-electron chi connectivity index (χ1n) is 9.24. The molecule has 27 heavy (non-hydrogen) atoms. The Hall–Kier alpha value is -2.35. The van der Waals surface area contributed by atoms with Gasteiger partial charge in [0.05, 0.1) is 11.7 Å². The summed E-state index contributed by atoms with van der Waals surface area (Å²) in [5.74, 6) is 0.641. The molecule has 1 unspecified atom stereocenters. The predicted molar refractivity (Wildman–Crippen MR) is 104 cm³/mol. The number of nitrogens with zero attached hydrogens (tertiary/aromatic N) is 4. The average Bonchev–Trinajstić information content (AvgIpc) is 3.08. The van der Waals surface area contributed by atoms with Gasteiger partial charge in [0.1, 0.15) is 5.82 Å². The molecule has 1 fully saturated rings. The highest BCUT2D eigenvalue weighted by atomic mass is 32.2. The first kappa shape index (κ1) is 19.4. The van der Waals surface area contributed by atoms with E-state index in [0.717, 1.165) is 30.4 Å². The van der Waals surface area contributed by atoms with E-state index in [0.29, 0.717) is 19.5 Å². The van der Waals surface area contributed by atoms with Crippen LogP contribution in [0.25, 0.3) is 0 Å². The third-order valence-corrected chi connectivity index (χ3v) is 5.77. The minimum absolute atomic E-state index is 0.0150. The number of nitrogens with two attached hydrogens (primary N) is 1. The molecule has 7 nitrogen and oxygen atoms in total. The van der Waals surface area contributed by atoms with Gasteiger partial charge in [-0.3, -0.25) is 9.59 Å². The van der Waals surface area contributed by atoms with Gasteiger partial charge in [-0.1, -0.05) is 42.1 Å². The highest BCUT2D eigenvalue weighted by Gasteiger charge is 2.27. The molecule has 1 aromatic carbocycles. The van der Waals surface area contributed by atoms with Crippen LogP contribution in [-0.2, 0) is 22.6 Å². The Bertz CT molecular complexity index is 793. The molecular weight excluding hydrogens is 362 g/mol. The van der Waals surface area contributed by atoms with Crippen LogP contribution in [0.1, 0.15) is 31.2 Å². The van der Waals surface area contributed by atoms with Gasteiger partial charge in [0.25, 0.3) is 0 Å². The summed E-state index contributed by atoms with van der Waals surface area (Å²) in [5.41, 5.74) is 6.57. The van der Waals surface area contributed by atoms with Crippen molar-refractivity contribution in [3.05, 3.63) is 41.7 Å². The molecule has 2 heterocycles. The zero-order valence-corrected chi connectivity index (χ0v) is 16.3. The van der Waals surface area contributed by atoms with Crippen LogP contribution in [0.5, 0.6) is 0 Å². The molecule has 1 aliphatic heterocycles. The van der Waals surface area contributed by atoms with Crippen LogP contribution in [0.15, 0.2) is 35.5 Å². The molecule has 0 spiro atoms. The molecule has 1 saturated heterocycles. The lowest BCUT2D eigenvalue weighted by Gasteiger charge is -2.31. The van der Waals surface area contributed by atoms with E-state index in [1.807, 2.05) is 29.7 Å². The third-order valence-electron chi connectivity index (χ3n) is 4.82. The van der Waals surface area contributed by atoms with Crippen LogP contribution >= 0.6 is 11.8 Å². The molecule has 8 heteroatoms. The van der Waals surface area contributed by atoms with Crippen LogP contribution in [0.4, 0.5) is 0 Å². The molecule has 0 aliphatic carbocycles. The molecule has 1 aromatic heterocycles. The number of rotatable bonds is 7. The second-order valence-electron chi connectivity index (χ2n) is 6.68. The van der Waals surface area contributed by atoms with E-state index >= 15 is 0 Å². The maximum atomic E-state index is 12.5. The van der Waals surface area contributed by atoms with E-state index in [1.165, 1.54) is 17.3 Å². The Kier molecular flexibility index (Phi) is 6.49. The molecule has 0 saturated carbocycles. The number of thioether (sulfide) groups is 1. The number of amides is 2. The minimum atomic E-state index is -0.323. The normalized spacial score (nSPS) is 17.1. The summed E-state index contributed by atoms with van der Waals surface area (Å²) >= 11 is 1.40. The van der Waals surface area contributed by atoms with Gasteiger partial charge >= 0.3 is 0 Å². The van der Waals surface area contributed by atoms with Crippen LogP contribution < -0.4 is 5.73 Å². The van der Waals surface area contributed by atoms with E-state index in [-0.39, 0.29) is 23.5 Å². The third kappa shape index (κ3) is 4.88. The van der Waals surface area contributed by atoms with Crippen molar-refractivity contribution < 1.29 is 9.59 Å². The largest absolute Gasteiger partial charge is 0.369 e. The van der Waals surface area contributed by atoms with Crippen molar-refractivity contribution in [2.24, 2.45) is 11.7 Å². The lowest BCUT2D eigenvalue weighted by atomic mass is 9.97. The van der Waals surface area contributed by atoms with Gasteiger partial charge in [-0.25, -0.2) is 0 Å². The van der Waals surface area contributed by atoms with Gasteiger partial charge < -0.3 is 15.2 Å².